The summed E-state index contributed by atoms with van der Waals surface area (Å²) >= 11 is 2.98. The fourth-order valence-corrected chi connectivity index (χ4v) is 3.73. The minimum absolute atomic E-state index is 0.0169. The van der Waals surface area contributed by atoms with Gasteiger partial charge in [-0.25, -0.2) is 13.6 Å². The van der Waals surface area contributed by atoms with Gasteiger partial charge in [0, 0.05) is 29.0 Å². The monoisotopic (exact) mass is 400 g/mol. The molecule has 1 aliphatic heterocycles. The molecule has 0 radical (unpaired) electrons. The molecule has 1 atom stereocenters. The molecule has 1 fully saturated rings. The van der Waals surface area contributed by atoms with Crippen LogP contribution in [0.2, 0.25) is 0 Å². The third kappa shape index (κ3) is 4.20. The Bertz CT molecular complexity index is 706. The minimum Gasteiger partial charge on any atom is -0.312 e. The topological polar surface area (TPSA) is 80.5 Å². The van der Waals surface area contributed by atoms with Gasteiger partial charge in [0.1, 0.15) is 0 Å². The number of carbonyl (C=O) groups is 1. The molecule has 10 heteroatoms. The number of alkyl halides is 3. The van der Waals surface area contributed by atoms with E-state index >= 15 is 0 Å². The summed E-state index contributed by atoms with van der Waals surface area (Å²) < 4.78 is 60.8. The summed E-state index contributed by atoms with van der Waals surface area (Å²) in [7, 11) is -3.74. The maximum absolute atomic E-state index is 12.8. The quantitative estimate of drug-likeness (QED) is 0.843. The van der Waals surface area contributed by atoms with Crippen molar-refractivity contribution in [2.75, 3.05) is 17.2 Å². The molecular weight excluding hydrogens is 389 g/mol. The number of sulfonamides is 1. The Morgan fingerprint density at radius 3 is 2.50 bits per heavy atom. The van der Waals surface area contributed by atoms with Crippen LogP contribution in [-0.2, 0) is 21.0 Å². The lowest BCUT2D eigenvalue weighted by Gasteiger charge is -2.19. The first-order valence-corrected chi connectivity index (χ1v) is 8.65. The highest BCUT2D eigenvalue weighted by Crippen LogP contribution is 2.36. The molecule has 22 heavy (non-hydrogen) atoms. The van der Waals surface area contributed by atoms with E-state index in [2.05, 4.69) is 15.9 Å². The van der Waals surface area contributed by atoms with Crippen LogP contribution in [0.15, 0.2) is 22.7 Å². The first-order valence-electron chi connectivity index (χ1n) is 6.14. The van der Waals surface area contributed by atoms with Crippen molar-refractivity contribution < 1.29 is 26.4 Å². The zero-order valence-electron chi connectivity index (χ0n) is 11.1. The summed E-state index contributed by atoms with van der Waals surface area (Å²) in [4.78, 5) is 13.1. The van der Waals surface area contributed by atoms with Gasteiger partial charge in [-0.3, -0.25) is 4.79 Å². The summed E-state index contributed by atoms with van der Waals surface area (Å²) in [5.74, 6) is -1.34. The van der Waals surface area contributed by atoms with Crippen molar-refractivity contribution >= 4 is 37.5 Å². The average molecular weight is 401 g/mol. The second-order valence-electron chi connectivity index (χ2n) is 5.10. The van der Waals surface area contributed by atoms with E-state index in [1.54, 1.807) is 0 Å². The predicted octanol–water partition coefficient (Wildman–Crippen LogP) is 2.11. The van der Waals surface area contributed by atoms with Gasteiger partial charge in [0.15, 0.2) is 0 Å². The van der Waals surface area contributed by atoms with Crippen molar-refractivity contribution in [2.45, 2.75) is 12.6 Å². The maximum atomic E-state index is 12.8. The number of benzene rings is 1. The smallest absolute Gasteiger partial charge is 0.312 e. The minimum atomic E-state index is -4.54. The Morgan fingerprint density at radius 2 is 1.95 bits per heavy atom. The van der Waals surface area contributed by atoms with Crippen molar-refractivity contribution in [1.82, 2.24) is 0 Å². The van der Waals surface area contributed by atoms with Crippen molar-refractivity contribution in [1.29, 1.82) is 0 Å². The van der Waals surface area contributed by atoms with Gasteiger partial charge in [0.2, 0.25) is 15.9 Å². The molecule has 0 aliphatic carbocycles. The predicted molar refractivity (Wildman–Crippen MR) is 77.6 cm³/mol. The summed E-state index contributed by atoms with van der Waals surface area (Å²) in [6.45, 7) is 0.0169. The van der Waals surface area contributed by atoms with E-state index in [0.717, 1.165) is 17.0 Å². The van der Waals surface area contributed by atoms with E-state index < -0.39 is 33.6 Å². The van der Waals surface area contributed by atoms with Gasteiger partial charge in [0.25, 0.3) is 0 Å². The van der Waals surface area contributed by atoms with Crippen LogP contribution in [0.3, 0.4) is 0 Å². The molecule has 0 saturated carbocycles. The van der Waals surface area contributed by atoms with E-state index in [9.17, 15) is 26.4 Å². The summed E-state index contributed by atoms with van der Waals surface area (Å²) in [5.41, 5.74) is -0.816. The number of amides is 1. The average Bonchev–Trinajstić information content (AvgIpc) is 2.65. The summed E-state index contributed by atoms with van der Waals surface area (Å²) in [6.07, 6.45) is -4.61. The van der Waals surface area contributed by atoms with E-state index in [1.807, 2.05) is 0 Å². The highest BCUT2D eigenvalue weighted by Gasteiger charge is 2.35. The van der Waals surface area contributed by atoms with Gasteiger partial charge >= 0.3 is 6.18 Å². The molecule has 122 valence electrons. The number of halogens is 4. The van der Waals surface area contributed by atoms with Gasteiger partial charge in [0.05, 0.1) is 11.3 Å². The van der Waals surface area contributed by atoms with E-state index in [-0.39, 0.29) is 28.9 Å². The number of hydrogen-bond donors (Lipinski definition) is 1. The number of hydrogen-bond acceptors (Lipinski definition) is 3. The largest absolute Gasteiger partial charge is 0.416 e. The molecule has 0 spiro atoms. The van der Waals surface area contributed by atoms with Gasteiger partial charge < -0.3 is 4.90 Å². The standard InChI is InChI=1S/C12H12BrF3N2O3S/c13-9-2-8(12(14,15)16)3-10(4-9)18-5-7(1-11(18)19)6-22(17,20)21/h2-4,7H,1,5-6H2,(H2,17,20,21). The van der Waals surface area contributed by atoms with E-state index in [4.69, 9.17) is 5.14 Å². The molecule has 2 rings (SSSR count). The van der Waals surface area contributed by atoms with Gasteiger partial charge in [-0.05, 0) is 18.2 Å². The number of rotatable bonds is 3. The van der Waals surface area contributed by atoms with Crippen LogP contribution < -0.4 is 10.0 Å². The number of nitrogens with two attached hydrogens (primary N) is 1. The molecule has 1 unspecified atom stereocenters. The second-order valence-corrected chi connectivity index (χ2v) is 7.67. The molecule has 0 bridgehead atoms. The Labute approximate surface area is 133 Å². The number of primary sulfonamides is 1. The summed E-state index contributed by atoms with van der Waals surface area (Å²) in [5, 5.41) is 4.94. The van der Waals surface area contributed by atoms with Crippen LogP contribution >= 0.6 is 15.9 Å². The van der Waals surface area contributed by atoms with Crippen LogP contribution in [0.5, 0.6) is 0 Å². The zero-order chi connectivity index (χ0) is 16.7. The van der Waals surface area contributed by atoms with Gasteiger partial charge in [-0.2, -0.15) is 13.2 Å². The highest BCUT2D eigenvalue weighted by atomic mass is 79.9. The highest BCUT2D eigenvalue weighted by molar-refractivity contribution is 9.10. The van der Waals surface area contributed by atoms with Crippen molar-refractivity contribution in [3.05, 3.63) is 28.2 Å². The molecule has 1 saturated heterocycles. The number of anilines is 1. The molecular formula is C12H12BrF3N2O3S. The molecule has 1 heterocycles. The zero-order valence-corrected chi connectivity index (χ0v) is 13.5. The van der Waals surface area contributed by atoms with Gasteiger partial charge in [-0.1, -0.05) is 15.9 Å². The van der Waals surface area contributed by atoms with Crippen LogP contribution in [-0.4, -0.2) is 26.6 Å². The molecule has 5 nitrogen and oxygen atoms in total. The van der Waals surface area contributed by atoms with Gasteiger partial charge in [-0.15, -0.1) is 0 Å². The lowest BCUT2D eigenvalue weighted by atomic mass is 10.1. The first-order chi connectivity index (χ1) is 9.95. The Balaban J connectivity index is 2.29. The van der Waals surface area contributed by atoms with Crippen LogP contribution in [0.25, 0.3) is 0 Å². The normalized spacial score (nSPS) is 19.8. The third-order valence-electron chi connectivity index (χ3n) is 3.19. The molecule has 1 aromatic carbocycles. The van der Waals surface area contributed by atoms with Crippen LogP contribution in [0.1, 0.15) is 12.0 Å². The SMILES string of the molecule is NS(=O)(=O)CC1CC(=O)N(c2cc(Br)cc(C(F)(F)F)c2)C1. The molecule has 2 N–H and O–H groups in total. The molecule has 1 amide bonds. The Morgan fingerprint density at radius 1 is 1.32 bits per heavy atom. The first kappa shape index (κ1) is 17.2. The molecule has 0 aromatic heterocycles. The van der Waals surface area contributed by atoms with Crippen molar-refractivity contribution in [2.24, 2.45) is 11.1 Å². The molecule has 1 aromatic rings. The Hall–Kier alpha value is -1.13. The fourth-order valence-electron chi connectivity index (χ4n) is 2.36. The Kier molecular flexibility index (Phi) is 4.56. The van der Waals surface area contributed by atoms with Crippen LogP contribution in [0.4, 0.5) is 18.9 Å². The van der Waals surface area contributed by atoms with Crippen LogP contribution in [0, 0.1) is 5.92 Å². The van der Waals surface area contributed by atoms with E-state index in [0.29, 0.717) is 0 Å². The molecule has 1 aliphatic rings. The van der Waals surface area contributed by atoms with E-state index in [1.165, 1.54) is 6.07 Å². The lowest BCUT2D eigenvalue weighted by Crippen LogP contribution is -2.27. The summed E-state index contributed by atoms with van der Waals surface area (Å²) in [6, 6.07) is 3.15. The van der Waals surface area contributed by atoms with Crippen molar-refractivity contribution in [3.8, 4) is 0 Å². The number of carbonyl (C=O) groups excluding carboxylic acids is 1. The fraction of sp³-hybridized carbons (Fsp3) is 0.417. The van der Waals surface area contributed by atoms with Crippen molar-refractivity contribution in [3.63, 3.8) is 0 Å². The second kappa shape index (κ2) is 5.82. The number of nitrogens with zero attached hydrogens (tertiary/aromatic N) is 1. The third-order valence-corrected chi connectivity index (χ3v) is 4.59. The maximum Gasteiger partial charge on any atom is 0.416 e. The lowest BCUT2D eigenvalue weighted by molar-refractivity contribution is -0.137.